The van der Waals surface area contributed by atoms with Crippen molar-refractivity contribution in [1.82, 2.24) is 9.55 Å². The number of nitrogens with zero attached hydrogens (tertiary/aromatic N) is 2. The number of thiazole rings is 1. The van der Waals surface area contributed by atoms with Crippen molar-refractivity contribution in [3.63, 3.8) is 0 Å². The third-order valence-electron chi connectivity index (χ3n) is 4.15. The molecule has 3 aromatic carbocycles. The first kappa shape index (κ1) is 12.0. The maximum atomic E-state index is 4.63. The Morgan fingerprint density at radius 1 is 0.773 bits per heavy atom. The van der Waals surface area contributed by atoms with E-state index in [1.165, 1.54) is 32.2 Å². The molecule has 0 aliphatic heterocycles. The van der Waals surface area contributed by atoms with Crippen LogP contribution in [0.2, 0.25) is 0 Å². The maximum Gasteiger partial charge on any atom is 0.106 e. The highest BCUT2D eigenvalue weighted by atomic mass is 32.1. The second-order valence-electron chi connectivity index (χ2n) is 5.35. The van der Waals surface area contributed by atoms with Crippen molar-refractivity contribution in [3.8, 4) is 5.69 Å². The molecule has 22 heavy (non-hydrogen) atoms. The van der Waals surface area contributed by atoms with Gasteiger partial charge in [-0.15, -0.1) is 11.3 Å². The molecule has 5 rings (SSSR count). The molecule has 0 radical (unpaired) electrons. The van der Waals surface area contributed by atoms with Crippen LogP contribution >= 0.6 is 11.3 Å². The van der Waals surface area contributed by atoms with Crippen molar-refractivity contribution in [1.29, 1.82) is 0 Å². The van der Waals surface area contributed by atoms with Gasteiger partial charge in [-0.1, -0.05) is 42.5 Å². The zero-order valence-electron chi connectivity index (χ0n) is 11.7. The van der Waals surface area contributed by atoms with Gasteiger partial charge in [0.25, 0.3) is 0 Å². The molecule has 0 bridgehead atoms. The SMILES string of the molecule is c1ccc(-n2c3ccccc3c3ccc4scnc4c32)cc1. The lowest BCUT2D eigenvalue weighted by atomic mass is 10.1. The van der Waals surface area contributed by atoms with Crippen LogP contribution in [-0.2, 0) is 0 Å². The first-order valence-electron chi connectivity index (χ1n) is 7.24. The zero-order valence-corrected chi connectivity index (χ0v) is 12.5. The summed E-state index contributed by atoms with van der Waals surface area (Å²) in [5, 5.41) is 2.54. The second kappa shape index (κ2) is 4.42. The average molecular weight is 300 g/mol. The molecule has 0 spiro atoms. The van der Waals surface area contributed by atoms with Crippen LogP contribution < -0.4 is 0 Å². The van der Waals surface area contributed by atoms with E-state index in [-0.39, 0.29) is 0 Å². The van der Waals surface area contributed by atoms with Crippen molar-refractivity contribution < 1.29 is 0 Å². The van der Waals surface area contributed by atoms with Gasteiger partial charge >= 0.3 is 0 Å². The molecule has 0 atom stereocenters. The minimum atomic E-state index is 1.09. The average Bonchev–Trinajstić information content (AvgIpc) is 3.17. The highest BCUT2D eigenvalue weighted by Gasteiger charge is 2.15. The van der Waals surface area contributed by atoms with Crippen LogP contribution in [0.1, 0.15) is 0 Å². The van der Waals surface area contributed by atoms with Crippen LogP contribution in [0.15, 0.2) is 72.2 Å². The van der Waals surface area contributed by atoms with Crippen LogP contribution in [0, 0.1) is 0 Å². The predicted molar refractivity (Wildman–Crippen MR) is 94.0 cm³/mol. The van der Waals surface area contributed by atoms with Crippen LogP contribution in [0.5, 0.6) is 0 Å². The molecule has 5 aromatic rings. The van der Waals surface area contributed by atoms with Crippen molar-refractivity contribution in [3.05, 3.63) is 72.2 Å². The standard InChI is InChI=1S/C19H12N2S/c1-2-6-13(7-3-1)21-16-9-5-4-8-14(16)15-10-11-17-18(19(15)21)20-12-22-17/h1-12H. The number of para-hydroxylation sites is 2. The highest BCUT2D eigenvalue weighted by molar-refractivity contribution is 7.16. The highest BCUT2D eigenvalue weighted by Crippen LogP contribution is 2.36. The Hall–Kier alpha value is -2.65. The molecular weight excluding hydrogens is 288 g/mol. The molecule has 3 heteroatoms. The van der Waals surface area contributed by atoms with Crippen molar-refractivity contribution in [2.75, 3.05) is 0 Å². The first-order chi connectivity index (χ1) is 10.9. The smallest absolute Gasteiger partial charge is 0.106 e. The molecule has 0 aliphatic rings. The largest absolute Gasteiger partial charge is 0.307 e. The van der Waals surface area contributed by atoms with Gasteiger partial charge in [0.05, 0.1) is 21.2 Å². The topological polar surface area (TPSA) is 17.8 Å². The molecule has 0 aliphatic carbocycles. The van der Waals surface area contributed by atoms with E-state index < -0.39 is 0 Å². The van der Waals surface area contributed by atoms with Gasteiger partial charge < -0.3 is 4.57 Å². The van der Waals surface area contributed by atoms with E-state index >= 15 is 0 Å². The summed E-state index contributed by atoms with van der Waals surface area (Å²) in [6.45, 7) is 0. The van der Waals surface area contributed by atoms with Gasteiger partial charge in [-0.05, 0) is 24.3 Å². The fraction of sp³-hybridized carbons (Fsp3) is 0. The van der Waals surface area contributed by atoms with Crippen LogP contribution in [0.3, 0.4) is 0 Å². The van der Waals surface area contributed by atoms with E-state index in [9.17, 15) is 0 Å². The monoisotopic (exact) mass is 300 g/mol. The van der Waals surface area contributed by atoms with Crippen LogP contribution in [-0.4, -0.2) is 9.55 Å². The lowest BCUT2D eigenvalue weighted by Crippen LogP contribution is -1.93. The number of aromatic nitrogens is 2. The van der Waals surface area contributed by atoms with Crippen molar-refractivity contribution in [2.24, 2.45) is 0 Å². The maximum absolute atomic E-state index is 4.63. The summed E-state index contributed by atoms with van der Waals surface area (Å²) in [4.78, 5) is 4.63. The Labute approximate surface area is 131 Å². The summed E-state index contributed by atoms with van der Waals surface area (Å²) in [7, 11) is 0. The molecule has 0 fully saturated rings. The molecule has 0 saturated carbocycles. The van der Waals surface area contributed by atoms with E-state index in [4.69, 9.17) is 0 Å². The summed E-state index contributed by atoms with van der Waals surface area (Å²) >= 11 is 1.69. The fourth-order valence-corrected chi connectivity index (χ4v) is 3.90. The molecule has 0 N–H and O–H groups in total. The third kappa shape index (κ3) is 1.51. The third-order valence-corrected chi connectivity index (χ3v) is 4.94. The summed E-state index contributed by atoms with van der Waals surface area (Å²) < 4.78 is 3.56. The summed E-state index contributed by atoms with van der Waals surface area (Å²) in [6, 6.07) is 23.5. The lowest BCUT2D eigenvalue weighted by molar-refractivity contribution is 1.18. The van der Waals surface area contributed by atoms with Gasteiger partial charge in [-0.2, -0.15) is 0 Å². The molecular formula is C19H12N2S. The summed E-state index contributed by atoms with van der Waals surface area (Å²) in [5.41, 5.74) is 6.61. The van der Waals surface area contributed by atoms with Crippen LogP contribution in [0.25, 0.3) is 37.7 Å². The van der Waals surface area contributed by atoms with Gasteiger partial charge in [0.1, 0.15) is 5.52 Å². The molecule has 0 amide bonds. The Bertz CT molecular complexity index is 1120. The summed E-state index contributed by atoms with van der Waals surface area (Å²) in [6.07, 6.45) is 0. The first-order valence-corrected chi connectivity index (χ1v) is 8.12. The minimum absolute atomic E-state index is 1.09. The summed E-state index contributed by atoms with van der Waals surface area (Å²) in [5.74, 6) is 0. The number of rotatable bonds is 1. The predicted octanol–water partition coefficient (Wildman–Crippen LogP) is 5.39. The number of benzene rings is 3. The fourth-order valence-electron chi connectivity index (χ4n) is 3.22. The van der Waals surface area contributed by atoms with Crippen LogP contribution in [0.4, 0.5) is 0 Å². The molecule has 2 aromatic heterocycles. The zero-order chi connectivity index (χ0) is 14.5. The Morgan fingerprint density at radius 3 is 2.50 bits per heavy atom. The number of fused-ring (bicyclic) bond motifs is 5. The molecule has 2 heterocycles. The second-order valence-corrected chi connectivity index (χ2v) is 6.24. The van der Waals surface area contributed by atoms with Crippen molar-refractivity contribution >= 4 is 43.4 Å². The van der Waals surface area contributed by atoms with E-state index in [2.05, 4.69) is 76.3 Å². The van der Waals surface area contributed by atoms with E-state index in [1.54, 1.807) is 11.3 Å². The Balaban J connectivity index is 2.10. The van der Waals surface area contributed by atoms with Gasteiger partial charge in [0.15, 0.2) is 0 Å². The number of hydrogen-bond donors (Lipinski definition) is 0. The van der Waals surface area contributed by atoms with E-state index in [0.717, 1.165) is 5.52 Å². The van der Waals surface area contributed by atoms with Gasteiger partial charge in [-0.25, -0.2) is 4.98 Å². The Kier molecular flexibility index (Phi) is 2.40. The molecule has 0 unspecified atom stereocenters. The molecule has 2 nitrogen and oxygen atoms in total. The van der Waals surface area contributed by atoms with Gasteiger partial charge in [0, 0.05) is 16.5 Å². The quantitative estimate of drug-likeness (QED) is 0.405. The van der Waals surface area contributed by atoms with Gasteiger partial charge in [0.2, 0.25) is 0 Å². The van der Waals surface area contributed by atoms with E-state index in [0.29, 0.717) is 0 Å². The Morgan fingerprint density at radius 2 is 1.59 bits per heavy atom. The van der Waals surface area contributed by atoms with E-state index in [1.807, 2.05) is 5.51 Å². The van der Waals surface area contributed by atoms with Crippen molar-refractivity contribution in [2.45, 2.75) is 0 Å². The van der Waals surface area contributed by atoms with Gasteiger partial charge in [-0.3, -0.25) is 0 Å². The normalized spacial score (nSPS) is 11.6. The lowest BCUT2D eigenvalue weighted by Gasteiger charge is -2.07. The number of hydrogen-bond acceptors (Lipinski definition) is 2. The molecule has 0 saturated heterocycles. The molecule has 104 valence electrons. The minimum Gasteiger partial charge on any atom is -0.307 e.